The average molecular weight is 505 g/mol. The topological polar surface area (TPSA) is 101 Å². The number of carbonyl (C=O) groups is 3. The normalized spacial score (nSPS) is 29.8. The lowest BCUT2D eigenvalue weighted by Gasteiger charge is -2.57. The molecular weight excluding hydrogens is 472 g/mol. The fraction of sp³-hybridized carbons (Fsp3) is 0.414. The number of esters is 1. The predicted octanol–water partition coefficient (Wildman–Crippen LogP) is 3.96. The van der Waals surface area contributed by atoms with Crippen molar-refractivity contribution in [1.29, 1.82) is 0 Å². The molecule has 1 fully saturated rings. The molecule has 2 N–H and O–H groups in total. The van der Waals surface area contributed by atoms with Gasteiger partial charge in [0.25, 0.3) is 0 Å². The fourth-order valence-corrected chi connectivity index (χ4v) is 9.94. The first-order valence-electron chi connectivity index (χ1n) is 12.5. The number of carbonyl (C=O) groups excluding carboxylic acids is 3. The van der Waals surface area contributed by atoms with Crippen LogP contribution in [0.4, 0.5) is 0 Å². The molecule has 0 heterocycles. The Bertz CT molecular complexity index is 1310. The lowest BCUT2D eigenvalue weighted by Crippen LogP contribution is -2.63. The molecule has 2 aromatic carbocycles. The number of Topliss-reactive ketones (excluding diaryl/α,β-unsaturated/α-hetero) is 2. The van der Waals surface area contributed by atoms with Crippen LogP contribution in [0.25, 0.3) is 0 Å². The number of ketones is 2. The molecule has 0 bridgehead atoms. The maximum absolute atomic E-state index is 13.8. The van der Waals surface area contributed by atoms with Crippen molar-refractivity contribution >= 4 is 30.8 Å². The van der Waals surface area contributed by atoms with E-state index in [9.17, 15) is 24.6 Å². The van der Waals surface area contributed by atoms with Gasteiger partial charge in [0.2, 0.25) is 0 Å². The van der Waals surface area contributed by atoms with Gasteiger partial charge in [-0.25, -0.2) is 0 Å². The van der Waals surface area contributed by atoms with Gasteiger partial charge in [0.05, 0.1) is 25.3 Å². The molecule has 188 valence electrons. The van der Waals surface area contributed by atoms with Gasteiger partial charge in [-0.2, -0.15) is 0 Å². The van der Waals surface area contributed by atoms with Crippen LogP contribution in [0.3, 0.4) is 0 Å². The smallest absolute Gasteiger partial charge is 0.308 e. The maximum Gasteiger partial charge on any atom is 0.308 e. The Balaban J connectivity index is 1.56. The number of hydrogen-bond donors (Lipinski definition) is 2. The number of rotatable bonds is 3. The minimum Gasteiger partial charge on any atom is -0.426 e. The summed E-state index contributed by atoms with van der Waals surface area (Å²) in [6, 6.07) is 15.0. The number of aliphatic hydroxyl groups is 2. The second-order valence-electron chi connectivity index (χ2n) is 11.4. The van der Waals surface area contributed by atoms with Crippen LogP contribution in [-0.2, 0) is 4.79 Å². The monoisotopic (exact) mass is 504 g/mol. The molecule has 0 aromatic heterocycles. The summed E-state index contributed by atoms with van der Waals surface area (Å²) in [5, 5.41) is 24.5. The van der Waals surface area contributed by atoms with Crippen LogP contribution in [0.1, 0.15) is 60.2 Å². The van der Waals surface area contributed by atoms with E-state index in [2.05, 4.69) is 32.2 Å². The lowest BCUT2D eigenvalue weighted by atomic mass is 9.58. The summed E-state index contributed by atoms with van der Waals surface area (Å²) in [7, 11) is -2.10. The average Bonchev–Trinajstić information content (AvgIpc) is 2.83. The Morgan fingerprint density at radius 1 is 1.06 bits per heavy atom. The molecule has 3 aliphatic carbocycles. The van der Waals surface area contributed by atoms with Gasteiger partial charge in [-0.1, -0.05) is 67.7 Å². The van der Waals surface area contributed by atoms with Crippen molar-refractivity contribution in [2.75, 3.05) is 0 Å². The minimum absolute atomic E-state index is 0.0482. The highest BCUT2D eigenvalue weighted by Crippen LogP contribution is 2.60. The van der Waals surface area contributed by atoms with Crippen LogP contribution in [0.2, 0.25) is 18.1 Å². The number of hydrogen-bond acceptors (Lipinski definition) is 6. The van der Waals surface area contributed by atoms with Gasteiger partial charge in [0, 0.05) is 36.0 Å². The molecule has 0 radical (unpaired) electrons. The Kier molecular flexibility index (Phi) is 5.74. The van der Waals surface area contributed by atoms with Crippen LogP contribution in [0, 0.1) is 5.92 Å². The zero-order chi connectivity index (χ0) is 26.0. The summed E-state index contributed by atoms with van der Waals surface area (Å²) in [4.78, 5) is 39.0. The van der Waals surface area contributed by atoms with E-state index >= 15 is 0 Å². The van der Waals surface area contributed by atoms with Crippen molar-refractivity contribution in [3.05, 3.63) is 70.8 Å². The molecule has 0 amide bonds. The first-order chi connectivity index (χ1) is 16.9. The Morgan fingerprint density at radius 2 is 1.75 bits per heavy atom. The third kappa shape index (κ3) is 3.48. The second-order valence-corrected chi connectivity index (χ2v) is 16.4. The van der Waals surface area contributed by atoms with E-state index in [0.717, 1.165) is 6.42 Å². The van der Waals surface area contributed by atoms with Crippen LogP contribution in [0.5, 0.6) is 5.75 Å². The first-order valence-corrected chi connectivity index (χ1v) is 15.5. The van der Waals surface area contributed by atoms with E-state index in [1.165, 1.54) is 18.2 Å². The summed E-state index contributed by atoms with van der Waals surface area (Å²) in [6.45, 7) is 8.04. The minimum atomic E-state index is -2.10. The molecule has 36 heavy (non-hydrogen) atoms. The zero-order valence-electron chi connectivity index (χ0n) is 21.1. The summed E-state index contributed by atoms with van der Waals surface area (Å²) in [5.41, 5.74) is -0.707. The Morgan fingerprint density at radius 3 is 2.42 bits per heavy atom. The zero-order valence-corrected chi connectivity index (χ0v) is 22.1. The molecule has 6 nitrogen and oxygen atoms in total. The van der Waals surface area contributed by atoms with E-state index in [1.54, 1.807) is 12.1 Å². The summed E-state index contributed by atoms with van der Waals surface area (Å²) >= 11 is 0. The molecule has 7 heteroatoms. The van der Waals surface area contributed by atoms with Gasteiger partial charge in [0.1, 0.15) is 5.75 Å². The van der Waals surface area contributed by atoms with Crippen molar-refractivity contribution in [1.82, 2.24) is 0 Å². The van der Waals surface area contributed by atoms with Gasteiger partial charge >= 0.3 is 5.97 Å². The molecular formula is C29H32O6Si. The lowest BCUT2D eigenvalue weighted by molar-refractivity contribution is -0.136. The van der Waals surface area contributed by atoms with Gasteiger partial charge in [-0.15, -0.1) is 0 Å². The van der Waals surface area contributed by atoms with Crippen molar-refractivity contribution < 1.29 is 29.3 Å². The van der Waals surface area contributed by atoms with Crippen molar-refractivity contribution in [3.63, 3.8) is 0 Å². The van der Waals surface area contributed by atoms with Crippen LogP contribution in [0.15, 0.2) is 59.7 Å². The second kappa shape index (κ2) is 8.33. The van der Waals surface area contributed by atoms with Crippen LogP contribution >= 0.6 is 0 Å². The van der Waals surface area contributed by atoms with Gasteiger partial charge in [-0.3, -0.25) is 14.4 Å². The highest BCUT2D eigenvalue weighted by molar-refractivity contribution is 6.92. The molecule has 2 aromatic rings. The van der Waals surface area contributed by atoms with Crippen LogP contribution in [-0.4, -0.2) is 47.5 Å². The third-order valence-electron chi connectivity index (χ3n) is 9.18. The molecule has 0 saturated heterocycles. The highest BCUT2D eigenvalue weighted by atomic mass is 28.3. The molecule has 1 saturated carbocycles. The van der Waals surface area contributed by atoms with Crippen molar-refractivity contribution in [2.45, 2.75) is 69.4 Å². The Hall–Kier alpha value is -2.87. The molecule has 0 aliphatic heterocycles. The van der Waals surface area contributed by atoms with Gasteiger partial charge < -0.3 is 14.9 Å². The first kappa shape index (κ1) is 24.8. The molecule has 5 rings (SSSR count). The molecule has 0 spiro atoms. The number of benzene rings is 2. The van der Waals surface area contributed by atoms with Gasteiger partial charge in [0.15, 0.2) is 11.6 Å². The predicted molar refractivity (Wildman–Crippen MR) is 138 cm³/mol. The quantitative estimate of drug-likeness (QED) is 0.373. The van der Waals surface area contributed by atoms with E-state index in [0.29, 0.717) is 18.4 Å². The van der Waals surface area contributed by atoms with Gasteiger partial charge in [-0.05, 0) is 30.4 Å². The van der Waals surface area contributed by atoms with E-state index in [-0.39, 0.29) is 39.7 Å². The third-order valence-corrected chi connectivity index (χ3v) is 14.4. The largest absolute Gasteiger partial charge is 0.426 e. The van der Waals surface area contributed by atoms with Crippen molar-refractivity contribution in [3.8, 4) is 5.75 Å². The number of fused-ring (bicyclic) bond motifs is 3. The SMILES string of the molecule is CC(=O)Oc1cccc2c1C(=O)C1=C(C2=O)[C@@H]2CC[C@](C)([Si](C)(C)c3ccccc3)C[C@]2(O)[C@@H](O)C1. The Labute approximate surface area is 212 Å². The van der Waals surface area contributed by atoms with E-state index < -0.39 is 37.4 Å². The highest BCUT2D eigenvalue weighted by Gasteiger charge is 2.61. The number of ether oxygens (including phenoxy) is 1. The standard InChI is InChI=1S/C29H32O6Si/c1-17(30)35-22-12-8-11-19-25(22)27(33)20-15-23(31)29(34)16-28(2,14-13-21(29)24(20)26(19)32)36(3,4)18-9-6-5-7-10-18/h5-12,21,23,31,34H,13-16H2,1-4H3/t21-,23-,28-,29+/m0/s1. The van der Waals surface area contributed by atoms with E-state index in [4.69, 9.17) is 4.74 Å². The molecule has 4 atom stereocenters. The van der Waals surface area contributed by atoms with Crippen molar-refractivity contribution in [2.24, 2.45) is 5.92 Å². The molecule has 0 unspecified atom stereocenters. The summed E-state index contributed by atoms with van der Waals surface area (Å²) in [5.74, 6) is -1.91. The van der Waals surface area contributed by atoms with E-state index in [1.807, 2.05) is 18.2 Å². The molecule has 3 aliphatic rings. The van der Waals surface area contributed by atoms with Crippen LogP contribution < -0.4 is 9.92 Å². The number of aliphatic hydroxyl groups excluding tert-OH is 1. The maximum atomic E-state index is 13.8. The summed E-state index contributed by atoms with van der Waals surface area (Å²) < 4.78 is 5.23. The fourth-order valence-electron chi connectivity index (χ4n) is 6.72. The summed E-state index contributed by atoms with van der Waals surface area (Å²) in [6.07, 6.45) is 0.354.